The molecule has 6 nitrogen and oxygen atoms in total. The summed E-state index contributed by atoms with van der Waals surface area (Å²) < 4.78 is 2.33. The molecule has 0 unspecified atom stereocenters. The van der Waals surface area contributed by atoms with E-state index in [1.165, 1.54) is 55.6 Å². The van der Waals surface area contributed by atoms with Gasteiger partial charge in [-0.2, -0.15) is 0 Å². The van der Waals surface area contributed by atoms with Crippen LogP contribution < -0.4 is 16.6 Å². The van der Waals surface area contributed by atoms with Crippen molar-refractivity contribution in [3.8, 4) is 0 Å². The Bertz CT molecular complexity index is 985. The molecular formula is C20H23N3O3S. The number of nitrogens with one attached hydrogen (secondary N) is 1. The van der Waals surface area contributed by atoms with Crippen molar-refractivity contribution in [2.24, 2.45) is 14.1 Å². The van der Waals surface area contributed by atoms with Crippen LogP contribution >= 0.6 is 11.8 Å². The van der Waals surface area contributed by atoms with Crippen LogP contribution in [0.2, 0.25) is 0 Å². The Balaban J connectivity index is 1.74. The molecule has 1 heterocycles. The summed E-state index contributed by atoms with van der Waals surface area (Å²) >= 11 is 1.81. The molecule has 1 N–H and O–H groups in total. The maximum Gasteiger partial charge on any atom is 0.330 e. The predicted molar refractivity (Wildman–Crippen MR) is 109 cm³/mol. The van der Waals surface area contributed by atoms with Crippen LogP contribution in [0.5, 0.6) is 0 Å². The van der Waals surface area contributed by atoms with Gasteiger partial charge in [-0.3, -0.25) is 14.2 Å². The van der Waals surface area contributed by atoms with E-state index >= 15 is 0 Å². The third-order valence-electron chi connectivity index (χ3n) is 4.63. The Morgan fingerprint density at radius 1 is 1.19 bits per heavy atom. The smallest absolute Gasteiger partial charge is 0.321 e. The first-order valence-corrected chi connectivity index (χ1v) is 9.85. The van der Waals surface area contributed by atoms with Crippen molar-refractivity contribution in [1.82, 2.24) is 9.13 Å². The average molecular weight is 385 g/mol. The van der Waals surface area contributed by atoms with Crippen LogP contribution in [0.1, 0.15) is 31.2 Å². The van der Waals surface area contributed by atoms with Gasteiger partial charge in [0.1, 0.15) is 0 Å². The highest BCUT2D eigenvalue weighted by atomic mass is 32.2. The number of nitrogens with zero attached hydrogens (tertiary/aromatic N) is 2. The summed E-state index contributed by atoms with van der Waals surface area (Å²) in [5, 5.41) is 3.49. The van der Waals surface area contributed by atoms with Gasteiger partial charge >= 0.3 is 5.69 Å². The number of anilines is 1. The monoisotopic (exact) mass is 385 g/mol. The van der Waals surface area contributed by atoms with Crippen molar-refractivity contribution in [1.29, 1.82) is 0 Å². The highest BCUT2D eigenvalue weighted by molar-refractivity contribution is 8.00. The van der Waals surface area contributed by atoms with Crippen LogP contribution in [0.25, 0.3) is 6.08 Å². The Hall–Kier alpha value is -2.54. The van der Waals surface area contributed by atoms with Gasteiger partial charge in [0.15, 0.2) is 0 Å². The summed E-state index contributed by atoms with van der Waals surface area (Å²) in [6.45, 7) is 0. The van der Waals surface area contributed by atoms with Gasteiger partial charge in [-0.05, 0) is 31.1 Å². The van der Waals surface area contributed by atoms with E-state index in [9.17, 15) is 14.4 Å². The van der Waals surface area contributed by atoms with Gasteiger partial charge in [-0.15, -0.1) is 11.8 Å². The molecule has 2 aromatic rings. The maximum absolute atomic E-state index is 12.3. The summed E-state index contributed by atoms with van der Waals surface area (Å²) in [7, 11) is 2.98. The molecule has 1 saturated carbocycles. The first kappa shape index (κ1) is 19.2. The minimum absolute atomic E-state index is 0.281. The number of aryl methyl sites for hydroxylation is 1. The van der Waals surface area contributed by atoms with E-state index < -0.39 is 11.2 Å². The third kappa shape index (κ3) is 4.60. The average Bonchev–Trinajstić information content (AvgIpc) is 3.16. The Labute approximate surface area is 161 Å². The lowest BCUT2D eigenvalue weighted by Crippen LogP contribution is -2.37. The fourth-order valence-corrected chi connectivity index (χ4v) is 4.48. The van der Waals surface area contributed by atoms with Crippen molar-refractivity contribution in [3.05, 3.63) is 62.9 Å². The van der Waals surface area contributed by atoms with E-state index in [1.54, 1.807) is 7.05 Å². The molecule has 1 aliphatic carbocycles. The molecule has 1 aliphatic rings. The molecular weight excluding hydrogens is 362 g/mol. The molecule has 0 atom stereocenters. The van der Waals surface area contributed by atoms with Gasteiger partial charge in [0.05, 0.1) is 11.3 Å². The minimum atomic E-state index is -0.431. The molecule has 3 rings (SSSR count). The number of carbonyl (C=O) groups is 1. The summed E-state index contributed by atoms with van der Waals surface area (Å²) in [4.78, 5) is 37.2. The highest BCUT2D eigenvalue weighted by Crippen LogP contribution is 2.37. The lowest BCUT2D eigenvalue weighted by Gasteiger charge is -2.13. The molecule has 0 radical (unpaired) electrons. The minimum Gasteiger partial charge on any atom is -0.321 e. The van der Waals surface area contributed by atoms with E-state index in [0.29, 0.717) is 5.25 Å². The van der Waals surface area contributed by atoms with Crippen LogP contribution in [0.3, 0.4) is 0 Å². The second kappa shape index (κ2) is 8.43. The summed E-state index contributed by atoms with van der Waals surface area (Å²) in [5.41, 5.74) is 0.222. The largest absolute Gasteiger partial charge is 0.330 e. The Morgan fingerprint density at radius 2 is 1.89 bits per heavy atom. The number of rotatable bonds is 5. The Kier molecular flexibility index (Phi) is 6.01. The van der Waals surface area contributed by atoms with E-state index in [-0.39, 0.29) is 11.5 Å². The normalized spacial score (nSPS) is 14.7. The van der Waals surface area contributed by atoms with Crippen molar-refractivity contribution >= 4 is 29.4 Å². The van der Waals surface area contributed by atoms with Crippen LogP contribution in [0.15, 0.2) is 51.0 Å². The quantitative estimate of drug-likeness (QED) is 0.804. The van der Waals surface area contributed by atoms with Gasteiger partial charge < -0.3 is 9.88 Å². The van der Waals surface area contributed by atoms with Crippen LogP contribution in [0, 0.1) is 0 Å². The topological polar surface area (TPSA) is 73.1 Å². The van der Waals surface area contributed by atoms with E-state index in [4.69, 9.17) is 0 Å². The molecule has 0 bridgehead atoms. The summed E-state index contributed by atoms with van der Waals surface area (Å²) in [6.07, 6.45) is 9.14. The van der Waals surface area contributed by atoms with Gasteiger partial charge in [0, 0.05) is 36.5 Å². The Morgan fingerprint density at radius 3 is 2.63 bits per heavy atom. The van der Waals surface area contributed by atoms with Crippen molar-refractivity contribution in [2.45, 2.75) is 35.8 Å². The van der Waals surface area contributed by atoms with E-state index in [2.05, 4.69) is 5.32 Å². The maximum atomic E-state index is 12.3. The molecule has 7 heteroatoms. The second-order valence-corrected chi connectivity index (χ2v) is 8.03. The van der Waals surface area contributed by atoms with Crippen LogP contribution in [-0.4, -0.2) is 20.3 Å². The van der Waals surface area contributed by atoms with E-state index in [0.717, 1.165) is 15.1 Å². The fraction of sp³-hybridized carbons (Fsp3) is 0.350. The number of hydrogen-bond acceptors (Lipinski definition) is 4. The first-order valence-electron chi connectivity index (χ1n) is 8.97. The number of benzene rings is 1. The molecule has 142 valence electrons. The molecule has 1 aromatic carbocycles. The molecule has 1 amide bonds. The summed E-state index contributed by atoms with van der Waals surface area (Å²) in [5.74, 6) is -0.314. The standard InChI is InChI=1S/C20H23N3O3S/c1-22-13-14(19(25)23(2)20(22)26)11-12-18(24)21-16-9-5-6-10-17(16)27-15-7-3-4-8-15/h5-6,9-13,15H,3-4,7-8H2,1-2H3,(H,21,24)/b12-11+. The predicted octanol–water partition coefficient (Wildman–Crippen LogP) is 2.77. The highest BCUT2D eigenvalue weighted by Gasteiger charge is 2.17. The number of carbonyl (C=O) groups excluding carboxylic acids is 1. The van der Waals surface area contributed by atoms with Gasteiger partial charge in [-0.1, -0.05) is 25.0 Å². The lowest BCUT2D eigenvalue weighted by molar-refractivity contribution is -0.111. The number of hydrogen-bond donors (Lipinski definition) is 1. The SMILES string of the molecule is Cn1cc(/C=C/C(=O)Nc2ccccc2SC2CCCC2)c(=O)n(C)c1=O. The van der Waals surface area contributed by atoms with Crippen LogP contribution in [-0.2, 0) is 18.9 Å². The fourth-order valence-electron chi connectivity index (χ4n) is 3.15. The second-order valence-electron chi connectivity index (χ2n) is 6.69. The van der Waals surface area contributed by atoms with Gasteiger partial charge in [0.25, 0.3) is 5.56 Å². The zero-order chi connectivity index (χ0) is 19.4. The lowest BCUT2D eigenvalue weighted by atomic mass is 10.2. The zero-order valence-electron chi connectivity index (χ0n) is 15.5. The molecule has 0 aliphatic heterocycles. The molecule has 0 spiro atoms. The zero-order valence-corrected chi connectivity index (χ0v) is 16.3. The molecule has 27 heavy (non-hydrogen) atoms. The van der Waals surface area contributed by atoms with Crippen LogP contribution in [0.4, 0.5) is 5.69 Å². The third-order valence-corrected chi connectivity index (χ3v) is 6.04. The first-order chi connectivity index (χ1) is 13.0. The number of thioether (sulfide) groups is 1. The summed E-state index contributed by atoms with van der Waals surface area (Å²) in [6, 6.07) is 7.76. The van der Waals surface area contributed by atoms with Gasteiger partial charge in [-0.25, -0.2) is 4.79 Å². The van der Waals surface area contributed by atoms with Crippen molar-refractivity contribution < 1.29 is 4.79 Å². The molecule has 0 saturated heterocycles. The molecule has 1 aromatic heterocycles. The van der Waals surface area contributed by atoms with Crippen molar-refractivity contribution in [2.75, 3.05) is 5.32 Å². The van der Waals surface area contributed by atoms with E-state index in [1.807, 2.05) is 36.0 Å². The number of amides is 1. The van der Waals surface area contributed by atoms with Crippen molar-refractivity contribution in [3.63, 3.8) is 0 Å². The molecule has 1 fully saturated rings. The van der Waals surface area contributed by atoms with Gasteiger partial charge in [0.2, 0.25) is 5.91 Å². The number of para-hydroxylation sites is 1. The number of aromatic nitrogens is 2.